The average Bonchev–Trinajstić information content (AvgIpc) is 2.63. The van der Waals surface area contributed by atoms with Crippen LogP contribution in [0.25, 0.3) is 16.0 Å². The van der Waals surface area contributed by atoms with Crippen LogP contribution >= 0.6 is 15.9 Å². The van der Waals surface area contributed by atoms with Crippen LogP contribution in [0, 0.1) is 7.43 Å². The van der Waals surface area contributed by atoms with Crippen LogP contribution in [0.15, 0.2) is 0 Å². The Morgan fingerprint density at radius 1 is 1.06 bits per heavy atom. The predicted molar refractivity (Wildman–Crippen MR) is 82.4 cm³/mol. The van der Waals surface area contributed by atoms with Crippen LogP contribution in [-0.4, -0.2) is 52.9 Å². The second kappa shape index (κ2) is 23.3. The molecule has 0 amide bonds. The summed E-state index contributed by atoms with van der Waals surface area (Å²) in [5.74, 6) is 0. The molecule has 2 unspecified atom stereocenters. The van der Waals surface area contributed by atoms with Crippen molar-refractivity contribution in [1.82, 2.24) is 0 Å². The predicted octanol–water partition coefficient (Wildman–Crippen LogP) is 3.97. The minimum Gasteiger partial charge on any atom is -0.668 e. The Kier molecular flexibility index (Phi) is 35.6. The Morgan fingerprint density at radius 2 is 1.50 bits per heavy atom. The van der Waals surface area contributed by atoms with Gasteiger partial charge in [0.05, 0.1) is 6.10 Å². The molecule has 0 spiro atoms. The van der Waals surface area contributed by atoms with Crippen molar-refractivity contribution in [3.63, 3.8) is 0 Å². The molecule has 0 aromatic carbocycles. The quantitative estimate of drug-likeness (QED) is 0.522. The van der Waals surface area contributed by atoms with Crippen LogP contribution in [0.3, 0.4) is 0 Å². The molecule has 0 bridgehead atoms. The Labute approximate surface area is 142 Å². The van der Waals surface area contributed by atoms with Gasteiger partial charge in [0.1, 0.15) is 0 Å². The van der Waals surface area contributed by atoms with E-state index in [0.717, 1.165) is 0 Å². The van der Waals surface area contributed by atoms with E-state index < -0.39 is 0 Å². The standard InChI is InChI=1S/C7H13BrNO.2C2H6N.CH3.Zr/c1-9-5-10-7-4-2-3-6(7)8;2*1-3-2;;/h6-7H,2-5H2,1H3;2*1-2H3;1H3;/q4*-1;+4. The summed E-state index contributed by atoms with van der Waals surface area (Å²) in [6, 6.07) is 0. The summed E-state index contributed by atoms with van der Waals surface area (Å²) in [6.07, 6.45) is 4.12. The number of ether oxygens (including phenoxy) is 1. The van der Waals surface area contributed by atoms with Gasteiger partial charge in [0.2, 0.25) is 0 Å². The number of rotatable bonds is 3. The fourth-order valence-electron chi connectivity index (χ4n) is 1.24. The van der Waals surface area contributed by atoms with Gasteiger partial charge >= 0.3 is 26.2 Å². The van der Waals surface area contributed by atoms with E-state index in [1.807, 2.05) is 0 Å². The fourth-order valence-corrected chi connectivity index (χ4v) is 1.98. The molecule has 1 saturated carbocycles. The van der Waals surface area contributed by atoms with Crippen molar-refractivity contribution in [3.8, 4) is 0 Å². The van der Waals surface area contributed by atoms with E-state index >= 15 is 0 Å². The van der Waals surface area contributed by atoms with Gasteiger partial charge in [-0.05, 0) is 26.0 Å². The maximum absolute atomic E-state index is 5.45. The van der Waals surface area contributed by atoms with Crippen LogP contribution in [0.5, 0.6) is 0 Å². The molecule has 0 aliphatic heterocycles. The van der Waals surface area contributed by atoms with E-state index in [0.29, 0.717) is 17.7 Å². The summed E-state index contributed by atoms with van der Waals surface area (Å²) in [5.41, 5.74) is 0. The van der Waals surface area contributed by atoms with Gasteiger partial charge in [0.15, 0.2) is 0 Å². The first-order chi connectivity index (χ1) is 7.67. The molecule has 0 aromatic rings. The van der Waals surface area contributed by atoms with Crippen LogP contribution in [0.2, 0.25) is 0 Å². The zero-order valence-corrected chi connectivity index (χ0v) is 16.7. The number of alkyl halides is 1. The number of halogens is 1. The van der Waals surface area contributed by atoms with Gasteiger partial charge in [-0.25, -0.2) is 0 Å². The summed E-state index contributed by atoms with van der Waals surface area (Å²) >= 11 is 3.57. The van der Waals surface area contributed by atoms with Gasteiger partial charge in [-0.2, -0.15) is 35.2 Å². The molecule has 0 aromatic heterocycles. The van der Waals surface area contributed by atoms with Gasteiger partial charge in [0.25, 0.3) is 0 Å². The van der Waals surface area contributed by atoms with Gasteiger partial charge in [0, 0.05) is 4.83 Å². The Balaban J connectivity index is -0.000000106. The van der Waals surface area contributed by atoms with Crippen molar-refractivity contribution in [1.29, 1.82) is 0 Å². The third-order valence-corrected chi connectivity index (χ3v) is 2.84. The van der Waals surface area contributed by atoms with Crippen molar-refractivity contribution in [2.75, 3.05) is 42.0 Å². The second-order valence-electron chi connectivity index (χ2n) is 3.49. The molecule has 1 rings (SSSR count). The molecule has 0 N–H and O–H groups in total. The van der Waals surface area contributed by atoms with Crippen molar-refractivity contribution < 1.29 is 30.9 Å². The zero-order valence-electron chi connectivity index (χ0n) is 12.6. The van der Waals surface area contributed by atoms with Crippen LogP contribution < -0.4 is 0 Å². The van der Waals surface area contributed by atoms with E-state index in [4.69, 9.17) is 4.74 Å². The molecule has 2 atom stereocenters. The van der Waals surface area contributed by atoms with E-state index in [-0.39, 0.29) is 33.6 Å². The average molecular weight is 402 g/mol. The molecule has 0 saturated heterocycles. The Bertz CT molecular complexity index is 132. The normalized spacial score (nSPS) is 20.3. The van der Waals surface area contributed by atoms with Crippen LogP contribution in [0.4, 0.5) is 0 Å². The molecule has 4 nitrogen and oxygen atoms in total. The smallest absolute Gasteiger partial charge is 0.668 e. The summed E-state index contributed by atoms with van der Waals surface area (Å²) in [7, 11) is 8.78. The van der Waals surface area contributed by atoms with Crippen molar-refractivity contribution in [2.45, 2.75) is 30.2 Å². The maximum Gasteiger partial charge on any atom is 4.00 e. The molecular formula is C12H28BrN3OZr. The van der Waals surface area contributed by atoms with Gasteiger partial charge < -0.3 is 28.1 Å². The van der Waals surface area contributed by atoms with Crippen molar-refractivity contribution in [3.05, 3.63) is 23.4 Å². The van der Waals surface area contributed by atoms with E-state index in [2.05, 4.69) is 31.9 Å². The van der Waals surface area contributed by atoms with E-state index in [1.54, 1.807) is 35.2 Å². The Morgan fingerprint density at radius 3 is 1.78 bits per heavy atom. The molecule has 1 fully saturated rings. The molecule has 0 radical (unpaired) electrons. The minimum atomic E-state index is 0. The number of hydrogen-bond donors (Lipinski definition) is 0. The van der Waals surface area contributed by atoms with Gasteiger partial charge in [-0.3, -0.25) is 0 Å². The van der Waals surface area contributed by atoms with Crippen LogP contribution in [0.1, 0.15) is 19.3 Å². The Hall–Kier alpha value is 1.20. The fraction of sp³-hybridized carbons (Fsp3) is 0.917. The molecular weight excluding hydrogens is 373 g/mol. The zero-order chi connectivity index (χ0) is 12.8. The number of nitrogens with zero attached hydrogens (tertiary/aromatic N) is 3. The number of hydrogen-bond acceptors (Lipinski definition) is 1. The van der Waals surface area contributed by atoms with Gasteiger partial charge in [-0.1, -0.05) is 15.9 Å². The molecule has 1 aliphatic rings. The molecule has 6 heteroatoms. The monoisotopic (exact) mass is 399 g/mol. The molecule has 18 heavy (non-hydrogen) atoms. The summed E-state index contributed by atoms with van der Waals surface area (Å²) in [5, 5.41) is 10.9. The third kappa shape index (κ3) is 19.5. The first-order valence-corrected chi connectivity index (χ1v) is 6.36. The molecule has 0 heterocycles. The van der Waals surface area contributed by atoms with Crippen molar-refractivity contribution >= 4 is 15.9 Å². The molecule has 1 aliphatic carbocycles. The van der Waals surface area contributed by atoms with Crippen LogP contribution in [-0.2, 0) is 30.9 Å². The first-order valence-electron chi connectivity index (χ1n) is 5.44. The third-order valence-electron chi connectivity index (χ3n) is 1.79. The van der Waals surface area contributed by atoms with Gasteiger partial charge in [-0.15, -0.1) is 0 Å². The SMILES string of the molecule is C[N-]C.C[N-]C.C[N-]COC1CCCC1Br.[CH3-].[Zr+4]. The summed E-state index contributed by atoms with van der Waals surface area (Å²) in [6.45, 7) is 0.548. The summed E-state index contributed by atoms with van der Waals surface area (Å²) < 4.78 is 5.45. The van der Waals surface area contributed by atoms with E-state index in [1.165, 1.54) is 19.3 Å². The summed E-state index contributed by atoms with van der Waals surface area (Å²) in [4.78, 5) is 0.564. The topological polar surface area (TPSA) is 51.5 Å². The van der Waals surface area contributed by atoms with E-state index in [9.17, 15) is 0 Å². The molecule has 108 valence electrons. The minimum absolute atomic E-state index is 0. The van der Waals surface area contributed by atoms with Crippen molar-refractivity contribution in [2.24, 2.45) is 0 Å². The first kappa shape index (κ1) is 27.5. The largest absolute Gasteiger partial charge is 4.00 e. The maximum atomic E-state index is 5.45. The second-order valence-corrected chi connectivity index (χ2v) is 4.67.